The molecular formula is C13H20ClN3O. The summed E-state index contributed by atoms with van der Waals surface area (Å²) in [6.07, 6.45) is 5.99. The summed E-state index contributed by atoms with van der Waals surface area (Å²) in [4.78, 5) is 8.16. The molecule has 100 valence electrons. The van der Waals surface area contributed by atoms with E-state index < -0.39 is 0 Å². The number of aliphatic hydroxyl groups is 1. The van der Waals surface area contributed by atoms with Crippen LogP contribution in [0.25, 0.3) is 0 Å². The lowest BCUT2D eigenvalue weighted by Crippen LogP contribution is -2.46. The normalized spacial score (nSPS) is 28.1. The molecule has 1 aliphatic carbocycles. The first-order valence-electron chi connectivity index (χ1n) is 6.43. The highest BCUT2D eigenvalue weighted by Gasteiger charge is 2.35. The van der Waals surface area contributed by atoms with E-state index in [9.17, 15) is 5.11 Å². The molecule has 2 atom stereocenters. The minimum atomic E-state index is -0.264. The van der Waals surface area contributed by atoms with Crippen LogP contribution in [0.15, 0.2) is 6.20 Å². The first-order valence-corrected chi connectivity index (χ1v) is 6.81. The fraction of sp³-hybridized carbons (Fsp3) is 0.692. The number of rotatable bonds is 3. The molecule has 1 aromatic heterocycles. The largest absolute Gasteiger partial charge is 0.394 e. The molecule has 0 bridgehead atoms. The number of nitrogens with one attached hydrogen (secondary N) is 1. The van der Waals surface area contributed by atoms with E-state index in [0.29, 0.717) is 5.92 Å². The van der Waals surface area contributed by atoms with Crippen molar-refractivity contribution in [2.75, 3.05) is 11.9 Å². The van der Waals surface area contributed by atoms with Crippen molar-refractivity contribution < 1.29 is 5.11 Å². The van der Waals surface area contributed by atoms with E-state index in [1.54, 1.807) is 6.20 Å². The average Bonchev–Trinajstić information content (AvgIpc) is 2.34. The predicted molar refractivity (Wildman–Crippen MR) is 72.9 cm³/mol. The maximum Gasteiger partial charge on any atom is 0.224 e. The van der Waals surface area contributed by atoms with Gasteiger partial charge in [-0.05, 0) is 37.3 Å². The molecule has 1 fully saturated rings. The lowest BCUT2D eigenvalue weighted by molar-refractivity contribution is 0.149. The van der Waals surface area contributed by atoms with E-state index in [0.717, 1.165) is 30.6 Å². The van der Waals surface area contributed by atoms with Crippen LogP contribution in [0.1, 0.15) is 38.2 Å². The Hall–Kier alpha value is -0.870. The van der Waals surface area contributed by atoms with Crippen LogP contribution in [-0.2, 0) is 0 Å². The molecule has 5 heteroatoms. The minimum Gasteiger partial charge on any atom is -0.394 e. The van der Waals surface area contributed by atoms with Gasteiger partial charge in [-0.1, -0.05) is 19.8 Å². The predicted octanol–water partition coefficient (Wildman–Crippen LogP) is 2.79. The third-order valence-electron chi connectivity index (χ3n) is 3.72. The topological polar surface area (TPSA) is 58.0 Å². The molecule has 1 heterocycles. The van der Waals surface area contributed by atoms with Crippen molar-refractivity contribution in [2.24, 2.45) is 5.92 Å². The highest BCUT2D eigenvalue weighted by molar-refractivity contribution is 6.28. The molecule has 2 rings (SSSR count). The van der Waals surface area contributed by atoms with Crippen molar-refractivity contribution in [1.82, 2.24) is 9.97 Å². The molecule has 0 amide bonds. The number of aryl methyl sites for hydroxylation is 1. The number of hydrogen-bond acceptors (Lipinski definition) is 4. The van der Waals surface area contributed by atoms with Crippen LogP contribution in [0.3, 0.4) is 0 Å². The number of hydrogen-bond donors (Lipinski definition) is 2. The summed E-state index contributed by atoms with van der Waals surface area (Å²) in [7, 11) is 0. The van der Waals surface area contributed by atoms with Crippen molar-refractivity contribution in [2.45, 2.75) is 45.1 Å². The lowest BCUT2D eigenvalue weighted by atomic mass is 9.77. The third-order valence-corrected chi connectivity index (χ3v) is 3.90. The number of nitrogens with zero attached hydrogens (tertiary/aromatic N) is 2. The Labute approximate surface area is 113 Å². The number of aliphatic hydroxyl groups excluding tert-OH is 1. The second-order valence-corrected chi connectivity index (χ2v) is 5.77. The van der Waals surface area contributed by atoms with Gasteiger partial charge >= 0.3 is 0 Å². The van der Waals surface area contributed by atoms with Crippen LogP contribution in [0, 0.1) is 12.8 Å². The van der Waals surface area contributed by atoms with Crippen molar-refractivity contribution in [3.63, 3.8) is 0 Å². The van der Waals surface area contributed by atoms with Gasteiger partial charge in [-0.3, -0.25) is 0 Å². The van der Waals surface area contributed by atoms with E-state index >= 15 is 0 Å². The molecule has 1 saturated carbocycles. The van der Waals surface area contributed by atoms with E-state index in [2.05, 4.69) is 22.2 Å². The number of anilines is 1. The van der Waals surface area contributed by atoms with E-state index in [1.807, 2.05) is 6.92 Å². The zero-order valence-corrected chi connectivity index (χ0v) is 11.7. The smallest absolute Gasteiger partial charge is 0.224 e. The highest BCUT2D eigenvalue weighted by Crippen LogP contribution is 2.35. The van der Waals surface area contributed by atoms with Crippen LogP contribution in [0.5, 0.6) is 0 Å². The Morgan fingerprint density at radius 3 is 3.06 bits per heavy atom. The Morgan fingerprint density at radius 1 is 1.61 bits per heavy atom. The monoisotopic (exact) mass is 269 g/mol. The van der Waals surface area contributed by atoms with Gasteiger partial charge in [0.2, 0.25) is 5.28 Å². The van der Waals surface area contributed by atoms with Gasteiger partial charge in [0.15, 0.2) is 0 Å². The molecule has 1 aliphatic rings. The Balaban J connectivity index is 2.21. The zero-order valence-electron chi connectivity index (χ0n) is 10.9. The van der Waals surface area contributed by atoms with E-state index in [1.165, 1.54) is 6.42 Å². The van der Waals surface area contributed by atoms with Crippen LogP contribution >= 0.6 is 11.6 Å². The quantitative estimate of drug-likeness (QED) is 0.829. The van der Waals surface area contributed by atoms with Gasteiger partial charge < -0.3 is 10.4 Å². The summed E-state index contributed by atoms with van der Waals surface area (Å²) in [5.41, 5.74) is 0.686. The third kappa shape index (κ3) is 2.93. The fourth-order valence-electron chi connectivity index (χ4n) is 2.75. The summed E-state index contributed by atoms with van der Waals surface area (Å²) < 4.78 is 0. The molecule has 0 aromatic carbocycles. The average molecular weight is 270 g/mol. The second kappa shape index (κ2) is 5.41. The molecule has 0 radical (unpaired) electrons. The second-order valence-electron chi connectivity index (χ2n) is 5.44. The van der Waals surface area contributed by atoms with E-state index in [-0.39, 0.29) is 17.4 Å². The Bertz CT molecular complexity index is 427. The summed E-state index contributed by atoms with van der Waals surface area (Å²) in [6.45, 7) is 4.29. The lowest BCUT2D eigenvalue weighted by Gasteiger charge is -2.40. The molecular weight excluding hydrogens is 250 g/mol. The van der Waals surface area contributed by atoms with Crippen molar-refractivity contribution in [1.29, 1.82) is 0 Å². The summed E-state index contributed by atoms with van der Waals surface area (Å²) in [5, 5.41) is 13.4. The molecule has 1 aromatic rings. The van der Waals surface area contributed by atoms with Gasteiger partial charge in [0.1, 0.15) is 5.82 Å². The Morgan fingerprint density at radius 2 is 2.39 bits per heavy atom. The highest BCUT2D eigenvalue weighted by atomic mass is 35.5. The van der Waals surface area contributed by atoms with Crippen molar-refractivity contribution >= 4 is 17.4 Å². The van der Waals surface area contributed by atoms with Gasteiger partial charge in [-0.25, -0.2) is 9.97 Å². The van der Waals surface area contributed by atoms with Crippen LogP contribution < -0.4 is 5.32 Å². The number of halogens is 1. The van der Waals surface area contributed by atoms with Gasteiger partial charge in [0, 0.05) is 11.8 Å². The number of aromatic nitrogens is 2. The standard InChI is InChI=1S/C13H20ClN3O/c1-9-4-3-5-13(6-9,8-18)17-11-10(2)7-15-12(14)16-11/h7,9,18H,3-6,8H2,1-2H3,(H,15,16,17). The van der Waals surface area contributed by atoms with Crippen molar-refractivity contribution in [3.05, 3.63) is 17.0 Å². The molecule has 4 nitrogen and oxygen atoms in total. The Kier molecular flexibility index (Phi) is 4.07. The van der Waals surface area contributed by atoms with E-state index in [4.69, 9.17) is 11.6 Å². The minimum absolute atomic E-state index is 0.123. The van der Waals surface area contributed by atoms with Gasteiger partial charge in [0.05, 0.1) is 12.1 Å². The fourth-order valence-corrected chi connectivity index (χ4v) is 2.89. The maximum absolute atomic E-state index is 9.74. The van der Waals surface area contributed by atoms with Gasteiger partial charge in [-0.2, -0.15) is 0 Å². The summed E-state index contributed by atoms with van der Waals surface area (Å²) >= 11 is 5.83. The molecule has 2 N–H and O–H groups in total. The van der Waals surface area contributed by atoms with Crippen molar-refractivity contribution in [3.8, 4) is 0 Å². The van der Waals surface area contributed by atoms with Crippen LogP contribution in [-0.4, -0.2) is 27.2 Å². The first kappa shape index (κ1) is 13.6. The SMILES string of the molecule is Cc1cnc(Cl)nc1NC1(CO)CCCC(C)C1. The molecule has 18 heavy (non-hydrogen) atoms. The zero-order chi connectivity index (χ0) is 13.2. The molecule has 0 aliphatic heterocycles. The van der Waals surface area contributed by atoms with Crippen LogP contribution in [0.2, 0.25) is 5.28 Å². The first-order chi connectivity index (χ1) is 8.54. The molecule has 2 unspecified atom stereocenters. The molecule has 0 spiro atoms. The van der Waals surface area contributed by atoms with Crippen LogP contribution in [0.4, 0.5) is 5.82 Å². The van der Waals surface area contributed by atoms with Gasteiger partial charge in [-0.15, -0.1) is 0 Å². The maximum atomic E-state index is 9.74. The molecule has 0 saturated heterocycles. The summed E-state index contributed by atoms with van der Waals surface area (Å²) in [6, 6.07) is 0. The summed E-state index contributed by atoms with van der Waals surface area (Å²) in [5.74, 6) is 1.36. The van der Waals surface area contributed by atoms with Gasteiger partial charge in [0.25, 0.3) is 0 Å².